The van der Waals surface area contributed by atoms with Crippen LogP contribution in [-0.4, -0.2) is 39.5 Å². The molecule has 0 saturated carbocycles. The van der Waals surface area contributed by atoms with E-state index >= 15 is 0 Å². The molecule has 178 valence electrons. The Labute approximate surface area is 187 Å². The molecular weight excluding hydrogens is 443 g/mol. The molecule has 1 aromatic heterocycles. The molecule has 0 aliphatic heterocycles. The summed E-state index contributed by atoms with van der Waals surface area (Å²) in [5.41, 5.74) is 10.5. The topological polar surface area (TPSA) is 171 Å². The maximum absolute atomic E-state index is 12.7. The second kappa shape index (κ2) is 12.9. The number of hydrogen-bond donors (Lipinski definition) is 4. The van der Waals surface area contributed by atoms with Crippen LogP contribution >= 0.6 is 0 Å². The van der Waals surface area contributed by atoms with E-state index in [9.17, 15) is 18.0 Å². The maximum Gasteiger partial charge on any atom is 0.275 e. The van der Waals surface area contributed by atoms with Crippen molar-refractivity contribution in [3.8, 4) is 0 Å². The second-order valence-corrected chi connectivity index (χ2v) is 8.05. The van der Waals surface area contributed by atoms with Gasteiger partial charge in [-0.3, -0.25) is 19.0 Å². The molecule has 0 fully saturated rings. The van der Waals surface area contributed by atoms with E-state index < -0.39 is 21.5 Å². The lowest BCUT2D eigenvalue weighted by Crippen LogP contribution is -2.36. The Balaban J connectivity index is 0.00000332. The van der Waals surface area contributed by atoms with Crippen LogP contribution in [0.5, 0.6) is 0 Å². The summed E-state index contributed by atoms with van der Waals surface area (Å²) < 4.78 is 41.3. The van der Waals surface area contributed by atoms with Gasteiger partial charge in [0.25, 0.3) is 7.01 Å². The second-order valence-electron chi connectivity index (χ2n) is 6.33. The highest BCUT2D eigenvalue weighted by atomic mass is 32.2. The van der Waals surface area contributed by atoms with E-state index in [1.807, 2.05) is 0 Å². The van der Waals surface area contributed by atoms with Gasteiger partial charge in [-0.1, -0.05) is 37.8 Å². The van der Waals surface area contributed by atoms with Gasteiger partial charge in [-0.15, -0.1) is 0 Å². The predicted molar refractivity (Wildman–Crippen MR) is 122 cm³/mol. The Bertz CT molecular complexity index is 1080. The Morgan fingerprint density at radius 2 is 1.88 bits per heavy atom. The molecule has 2 rings (SSSR count). The Hall–Kier alpha value is -3.61. The monoisotopic (exact) mass is 474 g/mol. The van der Waals surface area contributed by atoms with Gasteiger partial charge in [0.15, 0.2) is 0 Å². The number of hydrogen-bond acceptors (Lipinski definition) is 6. The quantitative estimate of drug-likeness (QED) is 0.165. The molecule has 1 aromatic carbocycles. The molecule has 13 heteroatoms. The number of nitrogens with two attached hydrogens (primary N) is 2. The number of nitrogens with zero attached hydrogens (tertiary/aromatic N) is 2. The van der Waals surface area contributed by atoms with Gasteiger partial charge in [-0.2, -0.15) is 0 Å². The van der Waals surface area contributed by atoms with Crippen LogP contribution in [0.2, 0.25) is 0 Å². The Morgan fingerprint density at radius 1 is 1.22 bits per heavy atom. The lowest BCUT2D eigenvalue weighted by molar-refractivity contribution is -0.122. The van der Waals surface area contributed by atoms with Crippen LogP contribution in [0.1, 0.15) is 18.7 Å². The Morgan fingerprint density at radius 3 is 2.50 bits per heavy atom. The van der Waals surface area contributed by atoms with Gasteiger partial charge in [-0.25, -0.2) is 8.42 Å². The van der Waals surface area contributed by atoms with Crippen LogP contribution in [0.25, 0.3) is 0 Å². The SMILES string of the molecule is C.Cc1ccc(NS(=O)(=O)Cc2ccccc2)c(=O)n1CC(=O)NCCON=C(N)N.[3H]F. The molecule has 0 spiro atoms. The van der Waals surface area contributed by atoms with Crippen molar-refractivity contribution in [3.05, 3.63) is 64.1 Å². The van der Waals surface area contributed by atoms with Crippen molar-refractivity contribution >= 4 is 27.6 Å². The average Bonchev–Trinajstić information content (AvgIpc) is 2.74. The summed E-state index contributed by atoms with van der Waals surface area (Å²) in [4.78, 5) is 29.5. The van der Waals surface area contributed by atoms with Crippen molar-refractivity contribution in [2.45, 2.75) is 26.6 Å². The number of aryl methyl sites for hydroxylation is 1. The van der Waals surface area contributed by atoms with Crippen LogP contribution < -0.4 is 27.1 Å². The van der Waals surface area contributed by atoms with Gasteiger partial charge in [-0.05, 0) is 29.8 Å². The number of aromatic nitrogens is 1. The van der Waals surface area contributed by atoms with Crippen LogP contribution in [0.15, 0.2) is 52.4 Å². The zero-order chi connectivity index (χ0) is 24.1. The van der Waals surface area contributed by atoms with Crippen molar-refractivity contribution in [3.63, 3.8) is 0 Å². The molecule has 0 saturated heterocycles. The number of halogens is 1. The molecule has 0 radical (unpaired) electrons. The zero-order valence-electron chi connectivity index (χ0n) is 17.7. The Kier molecular flexibility index (Phi) is 10.7. The average molecular weight is 475 g/mol. The molecule has 0 aliphatic carbocycles. The summed E-state index contributed by atoms with van der Waals surface area (Å²) in [6, 6.07) is 11.5. The molecule has 1 heterocycles. The van der Waals surface area contributed by atoms with E-state index in [-0.39, 0.29) is 44.5 Å². The fourth-order valence-corrected chi connectivity index (χ4v) is 3.69. The molecule has 11 nitrogen and oxygen atoms in total. The molecule has 0 aliphatic rings. The fraction of sp³-hybridized carbons (Fsp3) is 0.316. The predicted octanol–water partition coefficient (Wildman–Crippen LogP) is 0.208. The number of sulfonamides is 1. The number of pyridine rings is 1. The van der Waals surface area contributed by atoms with Gasteiger partial charge in [0.2, 0.25) is 21.9 Å². The van der Waals surface area contributed by atoms with E-state index in [2.05, 4.69) is 16.6 Å². The third-order valence-electron chi connectivity index (χ3n) is 3.84. The van der Waals surface area contributed by atoms with E-state index in [1.165, 1.54) is 10.6 Å². The first-order valence-electron chi connectivity index (χ1n) is 9.28. The minimum Gasteiger partial charge on any atom is -0.391 e. The zero-order valence-corrected chi connectivity index (χ0v) is 17.6. The van der Waals surface area contributed by atoms with Crippen molar-refractivity contribution in [1.82, 2.24) is 9.88 Å². The number of carbonyl (C=O) groups excluding carboxylic acids is 1. The largest absolute Gasteiger partial charge is 0.391 e. The number of guanidine groups is 1. The highest BCUT2D eigenvalue weighted by Gasteiger charge is 2.16. The molecule has 6 N–H and O–H groups in total. The molecule has 0 atom stereocenters. The lowest BCUT2D eigenvalue weighted by atomic mass is 10.2. The van der Waals surface area contributed by atoms with E-state index in [0.29, 0.717) is 11.3 Å². The lowest BCUT2D eigenvalue weighted by Gasteiger charge is -2.13. The van der Waals surface area contributed by atoms with Crippen LogP contribution in [0, 0.1) is 6.92 Å². The van der Waals surface area contributed by atoms with Crippen molar-refractivity contribution in [2.24, 2.45) is 16.6 Å². The number of amides is 1. The number of benzene rings is 1. The van der Waals surface area contributed by atoms with Gasteiger partial charge in [0, 0.05) is 5.69 Å². The van der Waals surface area contributed by atoms with Gasteiger partial charge < -0.3 is 26.2 Å². The van der Waals surface area contributed by atoms with Crippen LogP contribution in [-0.2, 0) is 32.0 Å². The fourth-order valence-electron chi connectivity index (χ4n) is 2.50. The number of oxime groups is 1. The summed E-state index contributed by atoms with van der Waals surface area (Å²) >= 11 is 0. The van der Waals surface area contributed by atoms with Gasteiger partial charge in [0.1, 0.15) is 18.8 Å². The smallest absolute Gasteiger partial charge is 0.275 e. The molecule has 2 aromatic rings. The first-order valence-corrected chi connectivity index (χ1v) is 10.6. The van der Waals surface area contributed by atoms with Crippen molar-refractivity contribution in [2.75, 3.05) is 17.9 Å². The first kappa shape index (κ1) is 26.4. The highest BCUT2D eigenvalue weighted by molar-refractivity contribution is 7.91. The third kappa shape index (κ3) is 9.04. The number of rotatable bonds is 10. The molecule has 0 unspecified atom stereocenters. The third-order valence-corrected chi connectivity index (χ3v) is 5.09. The molecule has 1 amide bonds. The number of anilines is 1. The molecule has 32 heavy (non-hydrogen) atoms. The molecular formula is C19H29FN6O5S. The molecule has 0 bridgehead atoms. The summed E-state index contributed by atoms with van der Waals surface area (Å²) in [7, 11) is -3.81. The summed E-state index contributed by atoms with van der Waals surface area (Å²) in [5.74, 6) is -0.981. The van der Waals surface area contributed by atoms with E-state index in [4.69, 9.17) is 21.0 Å². The number of nitrogens with one attached hydrogen (secondary N) is 2. The summed E-state index contributed by atoms with van der Waals surface area (Å²) in [6.07, 6.45) is 0. The minimum atomic E-state index is -3.81. The number of carbonyl (C=O) groups is 1. The van der Waals surface area contributed by atoms with E-state index in [1.54, 1.807) is 43.3 Å². The van der Waals surface area contributed by atoms with Gasteiger partial charge >= 0.3 is 0 Å². The first-order chi connectivity index (χ1) is 15.2. The van der Waals surface area contributed by atoms with E-state index in [0.717, 1.165) is 0 Å². The van der Waals surface area contributed by atoms with Crippen molar-refractivity contribution < 1.29 is 22.8 Å². The normalized spacial score (nSPS) is 10.4. The maximum atomic E-state index is 12.7. The van der Waals surface area contributed by atoms with Crippen LogP contribution in [0.4, 0.5) is 10.4 Å². The van der Waals surface area contributed by atoms with Crippen molar-refractivity contribution in [1.29, 1.82) is 1.45 Å². The summed E-state index contributed by atoms with van der Waals surface area (Å²) in [5, 5.41) is 5.86. The standard InChI is InChI=1S/C18H24N6O5S.CH4.FH/c1-13-7-8-15(23-30(27,28)12-14-5-3-2-4-6-14)17(26)24(13)11-16(25)21-9-10-29-22-18(19)20;;/h2-8,23H,9-12H2,1H3,(H,21,25)(H4,19,20,22);1H4;1H/i/hT. The van der Waals surface area contributed by atoms with Gasteiger partial charge in [0.05, 0.1) is 12.3 Å². The van der Waals surface area contributed by atoms with Crippen LogP contribution in [0.3, 0.4) is 0 Å². The highest BCUT2D eigenvalue weighted by Crippen LogP contribution is 2.10. The summed E-state index contributed by atoms with van der Waals surface area (Å²) in [6.45, 7) is 1.50. The minimum absolute atomic E-state index is 0.